The van der Waals surface area contributed by atoms with Crippen LogP contribution in [0.2, 0.25) is 0 Å². The summed E-state index contributed by atoms with van der Waals surface area (Å²) in [5.41, 5.74) is 8.37. The Labute approximate surface area is 237 Å². The average Bonchev–Trinajstić information content (AvgIpc) is 3.62. The van der Waals surface area contributed by atoms with Gasteiger partial charge in [0.1, 0.15) is 12.0 Å². The molecule has 5 heteroatoms. The second-order valence-corrected chi connectivity index (χ2v) is 10.2. The Hall–Kier alpha value is -5.55. The number of nitrogens with zero attached hydrogens (tertiary/aromatic N) is 5. The van der Waals surface area contributed by atoms with E-state index in [0.717, 1.165) is 55.4 Å². The summed E-state index contributed by atoms with van der Waals surface area (Å²) in [6, 6.07) is 46.3. The molecule has 0 aliphatic carbocycles. The quantitative estimate of drug-likeness (QED) is 0.226. The molecule has 0 saturated heterocycles. The van der Waals surface area contributed by atoms with Gasteiger partial charge >= 0.3 is 0 Å². The highest BCUT2D eigenvalue weighted by Crippen LogP contribution is 2.42. The predicted molar refractivity (Wildman–Crippen MR) is 166 cm³/mol. The van der Waals surface area contributed by atoms with Crippen LogP contribution in [0, 0.1) is 0 Å². The predicted octanol–water partition coefficient (Wildman–Crippen LogP) is 8.28. The van der Waals surface area contributed by atoms with Crippen molar-refractivity contribution in [3.8, 4) is 33.8 Å². The maximum atomic E-state index is 5.20. The Morgan fingerprint density at radius 1 is 0.585 bits per heavy atom. The number of aromatic nitrogens is 5. The maximum absolute atomic E-state index is 5.20. The fraction of sp³-hybridized carbons (Fsp3) is 0.0278. The molecule has 0 fully saturated rings. The third kappa shape index (κ3) is 3.90. The first kappa shape index (κ1) is 23.3. The van der Waals surface area contributed by atoms with Gasteiger partial charge in [0.25, 0.3) is 0 Å². The largest absolute Gasteiger partial charge is 0.320 e. The van der Waals surface area contributed by atoms with Crippen LogP contribution in [-0.4, -0.2) is 24.1 Å². The van der Waals surface area contributed by atoms with Gasteiger partial charge in [-0.1, -0.05) is 133 Å². The van der Waals surface area contributed by atoms with Crippen LogP contribution in [0.1, 0.15) is 5.56 Å². The summed E-state index contributed by atoms with van der Waals surface area (Å²) >= 11 is 0. The molecule has 3 heterocycles. The SMILES string of the molecule is c1ccc(Cn2c(-c3ccccc3)c(-c3ccccc3)c3c2ncn2nc(-c4cccc5ccccc45)nc32)cc1. The van der Waals surface area contributed by atoms with E-state index in [1.54, 1.807) is 6.33 Å². The van der Waals surface area contributed by atoms with Crippen molar-refractivity contribution < 1.29 is 0 Å². The van der Waals surface area contributed by atoms with Crippen molar-refractivity contribution in [2.24, 2.45) is 0 Å². The average molecular weight is 528 g/mol. The first-order chi connectivity index (χ1) is 20.3. The summed E-state index contributed by atoms with van der Waals surface area (Å²) < 4.78 is 4.15. The van der Waals surface area contributed by atoms with Crippen LogP contribution >= 0.6 is 0 Å². The molecular weight excluding hydrogens is 502 g/mol. The van der Waals surface area contributed by atoms with E-state index in [1.807, 2.05) is 4.52 Å². The minimum absolute atomic E-state index is 0.682. The molecule has 0 aliphatic heterocycles. The van der Waals surface area contributed by atoms with E-state index in [9.17, 15) is 0 Å². The lowest BCUT2D eigenvalue weighted by Crippen LogP contribution is -2.03. The number of benzene rings is 5. The van der Waals surface area contributed by atoms with E-state index in [1.165, 1.54) is 5.56 Å². The Morgan fingerprint density at radius 3 is 2.02 bits per heavy atom. The summed E-state index contributed by atoms with van der Waals surface area (Å²) in [4.78, 5) is 10.2. The van der Waals surface area contributed by atoms with E-state index in [-0.39, 0.29) is 0 Å². The summed E-state index contributed by atoms with van der Waals surface area (Å²) in [7, 11) is 0. The third-order valence-electron chi connectivity index (χ3n) is 7.70. The van der Waals surface area contributed by atoms with Gasteiger partial charge in [0.05, 0.1) is 11.1 Å². The van der Waals surface area contributed by atoms with Crippen molar-refractivity contribution in [3.63, 3.8) is 0 Å². The highest BCUT2D eigenvalue weighted by atomic mass is 15.3. The molecule has 8 rings (SSSR count). The van der Waals surface area contributed by atoms with Gasteiger partial charge in [-0.05, 0) is 27.5 Å². The molecule has 41 heavy (non-hydrogen) atoms. The molecule has 194 valence electrons. The van der Waals surface area contributed by atoms with Crippen LogP contribution in [0.3, 0.4) is 0 Å². The fourth-order valence-corrected chi connectivity index (χ4v) is 5.87. The van der Waals surface area contributed by atoms with E-state index in [2.05, 4.69) is 138 Å². The molecule has 0 saturated carbocycles. The molecular formula is C36H25N5. The minimum atomic E-state index is 0.682. The number of rotatable bonds is 5. The summed E-state index contributed by atoms with van der Waals surface area (Å²) in [5.74, 6) is 0.687. The third-order valence-corrected chi connectivity index (χ3v) is 7.70. The standard InChI is InChI=1S/C36H25N5/c1-4-13-25(14-5-1)23-40-33(28-18-8-3-9-19-28)31(27-16-6-2-7-17-27)32-35(40)37-24-41-36(32)38-34(39-41)30-22-12-20-26-15-10-11-21-29(26)30/h1-22,24H,23H2. The molecule has 5 aromatic carbocycles. The number of hydrogen-bond acceptors (Lipinski definition) is 3. The van der Waals surface area contributed by atoms with Crippen LogP contribution in [0.4, 0.5) is 0 Å². The molecule has 0 unspecified atom stereocenters. The van der Waals surface area contributed by atoms with E-state index in [4.69, 9.17) is 15.1 Å². The molecule has 0 radical (unpaired) electrons. The summed E-state index contributed by atoms with van der Waals surface area (Å²) in [6.07, 6.45) is 1.80. The van der Waals surface area contributed by atoms with Gasteiger partial charge in [0.15, 0.2) is 11.5 Å². The molecule has 0 aliphatic rings. The first-order valence-electron chi connectivity index (χ1n) is 13.8. The van der Waals surface area contributed by atoms with Crippen LogP contribution in [0.15, 0.2) is 140 Å². The molecule has 0 amide bonds. The van der Waals surface area contributed by atoms with Gasteiger partial charge in [-0.2, -0.15) is 0 Å². The Kier molecular flexibility index (Phi) is 5.45. The molecule has 0 atom stereocenters. The van der Waals surface area contributed by atoms with Crippen molar-refractivity contribution in [3.05, 3.63) is 145 Å². The van der Waals surface area contributed by atoms with Crippen molar-refractivity contribution in [1.82, 2.24) is 24.1 Å². The second kappa shape index (κ2) is 9.57. The number of hydrogen-bond donors (Lipinski definition) is 0. The molecule has 5 nitrogen and oxygen atoms in total. The zero-order valence-corrected chi connectivity index (χ0v) is 22.2. The van der Waals surface area contributed by atoms with Crippen LogP contribution in [-0.2, 0) is 6.54 Å². The minimum Gasteiger partial charge on any atom is -0.320 e. The lowest BCUT2D eigenvalue weighted by atomic mass is 9.99. The molecule has 8 aromatic rings. The Morgan fingerprint density at radius 2 is 1.24 bits per heavy atom. The van der Waals surface area contributed by atoms with Crippen molar-refractivity contribution >= 4 is 27.5 Å². The summed E-state index contributed by atoms with van der Waals surface area (Å²) in [6.45, 7) is 0.682. The lowest BCUT2D eigenvalue weighted by Gasteiger charge is -2.13. The molecule has 0 bridgehead atoms. The maximum Gasteiger partial charge on any atom is 0.182 e. The zero-order valence-electron chi connectivity index (χ0n) is 22.2. The zero-order chi connectivity index (χ0) is 27.2. The van der Waals surface area contributed by atoms with Crippen LogP contribution < -0.4 is 0 Å². The molecule has 0 spiro atoms. The normalized spacial score (nSPS) is 11.5. The Bertz CT molecular complexity index is 2160. The highest BCUT2D eigenvalue weighted by Gasteiger charge is 2.25. The monoisotopic (exact) mass is 527 g/mol. The smallest absolute Gasteiger partial charge is 0.182 e. The topological polar surface area (TPSA) is 48.0 Å². The van der Waals surface area contributed by atoms with E-state index in [0.29, 0.717) is 12.4 Å². The van der Waals surface area contributed by atoms with Crippen molar-refractivity contribution in [2.75, 3.05) is 0 Å². The van der Waals surface area contributed by atoms with Crippen LogP contribution in [0.5, 0.6) is 0 Å². The molecule has 0 N–H and O–H groups in total. The van der Waals surface area contributed by atoms with Crippen molar-refractivity contribution in [1.29, 1.82) is 0 Å². The van der Waals surface area contributed by atoms with Crippen LogP contribution in [0.25, 0.3) is 61.2 Å². The van der Waals surface area contributed by atoms with Gasteiger partial charge in [-0.3, -0.25) is 0 Å². The fourth-order valence-electron chi connectivity index (χ4n) is 5.87. The van der Waals surface area contributed by atoms with Crippen molar-refractivity contribution in [2.45, 2.75) is 6.54 Å². The first-order valence-corrected chi connectivity index (χ1v) is 13.8. The van der Waals surface area contributed by atoms with Gasteiger partial charge in [0.2, 0.25) is 0 Å². The lowest BCUT2D eigenvalue weighted by molar-refractivity contribution is 0.826. The second-order valence-electron chi connectivity index (χ2n) is 10.2. The van der Waals surface area contributed by atoms with Gasteiger partial charge < -0.3 is 4.57 Å². The highest BCUT2D eigenvalue weighted by molar-refractivity contribution is 6.10. The summed E-state index contributed by atoms with van der Waals surface area (Å²) in [5, 5.41) is 8.23. The van der Waals surface area contributed by atoms with Gasteiger partial charge in [-0.15, -0.1) is 5.10 Å². The van der Waals surface area contributed by atoms with E-state index >= 15 is 0 Å². The molecule has 3 aromatic heterocycles. The Balaban J connectivity index is 1.48. The van der Waals surface area contributed by atoms with Gasteiger partial charge in [0, 0.05) is 17.7 Å². The number of fused-ring (bicyclic) bond motifs is 4. The van der Waals surface area contributed by atoms with Gasteiger partial charge in [-0.25, -0.2) is 14.5 Å². The van der Waals surface area contributed by atoms with E-state index < -0.39 is 0 Å².